The van der Waals surface area contributed by atoms with Gasteiger partial charge >= 0.3 is 5.97 Å². The van der Waals surface area contributed by atoms with Crippen molar-refractivity contribution in [2.75, 3.05) is 13.2 Å². The molecule has 0 aromatic carbocycles. The highest BCUT2D eigenvalue weighted by molar-refractivity contribution is 5.75. The van der Waals surface area contributed by atoms with Crippen molar-refractivity contribution in [3.63, 3.8) is 0 Å². The van der Waals surface area contributed by atoms with Crippen LogP contribution < -0.4 is 22.2 Å². The van der Waals surface area contributed by atoms with Gasteiger partial charge in [0.25, 0.3) is 0 Å². The number of rotatable bonds is 9. The molecule has 0 saturated heterocycles. The van der Waals surface area contributed by atoms with E-state index in [1.807, 2.05) is 5.43 Å². The van der Waals surface area contributed by atoms with E-state index >= 15 is 0 Å². The fraction of sp³-hybridized carbons (Fsp3) is 0.714. The van der Waals surface area contributed by atoms with Gasteiger partial charge in [0.05, 0.1) is 0 Å². The van der Waals surface area contributed by atoms with E-state index in [1.54, 1.807) is 0 Å². The molecule has 98 valence electrons. The molecule has 0 heterocycles. The van der Waals surface area contributed by atoms with E-state index in [9.17, 15) is 14.9 Å². The summed E-state index contributed by atoms with van der Waals surface area (Å²) in [7, 11) is 0. The van der Waals surface area contributed by atoms with Crippen molar-refractivity contribution in [1.29, 1.82) is 0 Å². The molecule has 0 bridgehead atoms. The number of hydrogen-bond donors (Lipinski definition) is 5. The summed E-state index contributed by atoms with van der Waals surface area (Å²) < 4.78 is 0. The molecule has 17 heavy (non-hydrogen) atoms. The molecule has 0 aliphatic heterocycles. The fourth-order valence-corrected chi connectivity index (χ4v) is 1.05. The van der Waals surface area contributed by atoms with E-state index in [4.69, 9.17) is 16.6 Å². The molecule has 0 unspecified atom stereocenters. The smallest absolute Gasteiger partial charge is 0.320 e. The molecule has 1 atom stereocenters. The van der Waals surface area contributed by atoms with Gasteiger partial charge in [-0.2, -0.15) is 0 Å². The van der Waals surface area contributed by atoms with Crippen LogP contribution in [0.4, 0.5) is 0 Å². The average molecular weight is 248 g/mol. The molecule has 0 aromatic heterocycles. The number of nitrogens with zero attached hydrogens (tertiary/aromatic N) is 2. The quantitative estimate of drug-likeness (QED) is 0.0765. The Kier molecular flexibility index (Phi) is 7.10. The third-order valence-corrected chi connectivity index (χ3v) is 1.80. The zero-order chi connectivity index (χ0) is 13.3. The molecule has 10 nitrogen and oxygen atoms in total. The van der Waals surface area contributed by atoms with Crippen LogP contribution in [0.25, 0.3) is 0 Å². The number of carboxylic acids is 1. The summed E-state index contributed by atoms with van der Waals surface area (Å²) in [6.07, 6.45) is 0.728. The SMILES string of the molecule is NC(N)=NCCC[C@H](NCN[N+](=O)[O-])C(=O)O. The van der Waals surface area contributed by atoms with Crippen molar-refractivity contribution in [1.82, 2.24) is 10.7 Å². The number of carbonyl (C=O) groups is 1. The lowest BCUT2D eigenvalue weighted by Crippen LogP contribution is -2.43. The van der Waals surface area contributed by atoms with Crippen LogP contribution in [0.2, 0.25) is 0 Å². The molecular weight excluding hydrogens is 232 g/mol. The Morgan fingerprint density at radius 3 is 2.65 bits per heavy atom. The number of nitrogens with two attached hydrogens (primary N) is 2. The zero-order valence-corrected chi connectivity index (χ0v) is 9.13. The first-order valence-corrected chi connectivity index (χ1v) is 4.83. The van der Waals surface area contributed by atoms with E-state index in [1.165, 1.54) is 0 Å². The Morgan fingerprint density at radius 1 is 1.53 bits per heavy atom. The maximum atomic E-state index is 10.8. The van der Waals surface area contributed by atoms with Crippen LogP contribution in [0.5, 0.6) is 0 Å². The summed E-state index contributed by atoms with van der Waals surface area (Å²) in [6, 6.07) is -0.878. The van der Waals surface area contributed by atoms with E-state index in [0.717, 1.165) is 0 Å². The molecule has 0 radical (unpaired) electrons. The van der Waals surface area contributed by atoms with Crippen molar-refractivity contribution < 1.29 is 14.9 Å². The monoisotopic (exact) mass is 248 g/mol. The number of carboxylic acid groups (broad SMARTS) is 1. The third kappa shape index (κ3) is 8.87. The van der Waals surface area contributed by atoms with Crippen LogP contribution in [0.3, 0.4) is 0 Å². The molecule has 10 heteroatoms. The molecule has 0 rings (SSSR count). The highest BCUT2D eigenvalue weighted by Crippen LogP contribution is 1.97. The minimum absolute atomic E-state index is 0.0557. The van der Waals surface area contributed by atoms with Gasteiger partial charge in [0.15, 0.2) is 11.0 Å². The van der Waals surface area contributed by atoms with Gasteiger partial charge in [-0.15, -0.1) is 5.43 Å². The zero-order valence-electron chi connectivity index (χ0n) is 9.13. The van der Waals surface area contributed by atoms with Crippen LogP contribution in [0.15, 0.2) is 4.99 Å². The number of hydrazine groups is 1. The van der Waals surface area contributed by atoms with E-state index in [0.29, 0.717) is 13.0 Å². The fourth-order valence-electron chi connectivity index (χ4n) is 1.05. The highest BCUT2D eigenvalue weighted by atomic mass is 16.7. The van der Waals surface area contributed by atoms with Crippen LogP contribution in [0, 0.1) is 10.1 Å². The lowest BCUT2D eigenvalue weighted by atomic mass is 10.1. The Hall–Kier alpha value is -2.10. The number of nitro groups is 1. The molecule has 0 saturated carbocycles. The summed E-state index contributed by atoms with van der Waals surface area (Å²) in [4.78, 5) is 24.4. The standard InChI is InChI=1S/C7H16N6O4/c8-7(9)10-3-1-2-5(6(14)15)11-4-12-13(16)17/h5,11-12H,1-4H2,(H,14,15)(H4,8,9,10)/t5-/m0/s1. The summed E-state index contributed by atoms with van der Waals surface area (Å²) >= 11 is 0. The Bertz CT molecular complexity index is 290. The molecule has 0 amide bonds. The van der Waals surface area contributed by atoms with Crippen LogP contribution in [-0.4, -0.2) is 41.3 Å². The lowest BCUT2D eigenvalue weighted by molar-refractivity contribution is -0.545. The van der Waals surface area contributed by atoms with Crippen molar-refractivity contribution in [2.24, 2.45) is 16.5 Å². The van der Waals surface area contributed by atoms with Gasteiger partial charge < -0.3 is 16.6 Å². The maximum absolute atomic E-state index is 10.8. The predicted octanol–water partition coefficient (Wildman–Crippen LogP) is -2.18. The first kappa shape index (κ1) is 14.9. The van der Waals surface area contributed by atoms with Gasteiger partial charge in [0.2, 0.25) is 0 Å². The van der Waals surface area contributed by atoms with Crippen LogP contribution in [0.1, 0.15) is 12.8 Å². The van der Waals surface area contributed by atoms with Gasteiger partial charge in [-0.05, 0) is 12.8 Å². The largest absolute Gasteiger partial charge is 0.480 e. The van der Waals surface area contributed by atoms with Gasteiger partial charge in [-0.3, -0.25) is 15.1 Å². The summed E-state index contributed by atoms with van der Waals surface area (Å²) in [5.41, 5.74) is 12.0. The molecular formula is C7H16N6O4. The maximum Gasteiger partial charge on any atom is 0.320 e. The van der Waals surface area contributed by atoms with E-state index in [2.05, 4.69) is 10.3 Å². The second-order valence-corrected chi connectivity index (χ2v) is 3.14. The molecule has 0 aromatic rings. The van der Waals surface area contributed by atoms with Crippen LogP contribution in [-0.2, 0) is 4.79 Å². The number of guanidine groups is 1. The average Bonchev–Trinajstić information content (AvgIpc) is 2.20. The van der Waals surface area contributed by atoms with E-state index in [-0.39, 0.29) is 19.0 Å². The topological polar surface area (TPSA) is 169 Å². The minimum Gasteiger partial charge on any atom is -0.480 e. The van der Waals surface area contributed by atoms with Gasteiger partial charge in [0.1, 0.15) is 12.7 Å². The molecule has 0 aliphatic rings. The highest BCUT2D eigenvalue weighted by Gasteiger charge is 2.16. The summed E-state index contributed by atoms with van der Waals surface area (Å²) in [5, 5.41) is 20.5. The first-order chi connectivity index (χ1) is 7.93. The third-order valence-electron chi connectivity index (χ3n) is 1.80. The Labute approximate surface area is 97.2 Å². The predicted molar refractivity (Wildman–Crippen MR) is 59.5 cm³/mol. The molecule has 0 fully saturated rings. The molecule has 0 spiro atoms. The van der Waals surface area contributed by atoms with Crippen molar-refractivity contribution >= 4 is 11.9 Å². The normalized spacial score (nSPS) is 11.5. The van der Waals surface area contributed by atoms with E-state index < -0.39 is 17.0 Å². The Morgan fingerprint density at radius 2 is 2.18 bits per heavy atom. The van der Waals surface area contributed by atoms with Gasteiger partial charge in [-0.1, -0.05) is 0 Å². The van der Waals surface area contributed by atoms with Crippen molar-refractivity contribution in [3.8, 4) is 0 Å². The second-order valence-electron chi connectivity index (χ2n) is 3.14. The van der Waals surface area contributed by atoms with Crippen molar-refractivity contribution in [3.05, 3.63) is 10.1 Å². The lowest BCUT2D eigenvalue weighted by Gasteiger charge is -2.12. The summed E-state index contributed by atoms with van der Waals surface area (Å²) in [6.45, 7) is 0.0860. The van der Waals surface area contributed by atoms with Crippen LogP contribution >= 0.6 is 0 Å². The Balaban J connectivity index is 3.87. The van der Waals surface area contributed by atoms with Gasteiger partial charge in [0, 0.05) is 6.54 Å². The summed E-state index contributed by atoms with van der Waals surface area (Å²) in [5.74, 6) is -1.14. The number of aliphatic carboxylic acids is 1. The van der Waals surface area contributed by atoms with Crippen molar-refractivity contribution in [2.45, 2.75) is 18.9 Å². The molecule has 7 N–H and O–H groups in total. The number of hydrogen-bond acceptors (Lipinski definition) is 5. The second kappa shape index (κ2) is 8.10. The van der Waals surface area contributed by atoms with Gasteiger partial charge in [-0.25, -0.2) is 10.1 Å². The molecule has 0 aliphatic carbocycles. The number of aliphatic imine (C=N–C) groups is 1. The first-order valence-electron chi connectivity index (χ1n) is 4.83. The number of nitrogens with one attached hydrogen (secondary N) is 2. The minimum atomic E-state index is -1.08.